The highest BCUT2D eigenvalue weighted by molar-refractivity contribution is 5.91. The second-order valence-corrected chi connectivity index (χ2v) is 7.68. The molecule has 0 radical (unpaired) electrons. The van der Waals surface area contributed by atoms with Crippen LogP contribution in [0.2, 0.25) is 0 Å². The zero-order valence-electron chi connectivity index (χ0n) is 15.4. The largest absolute Gasteiger partial charge is 0.497 e. The maximum atomic E-state index is 13.2. The van der Waals surface area contributed by atoms with Crippen molar-refractivity contribution in [2.24, 2.45) is 0 Å². The number of aliphatic hydroxyl groups is 1. The number of aryl methyl sites for hydroxylation is 1. The number of amides is 1. The average molecular weight is 369 g/mol. The van der Waals surface area contributed by atoms with Crippen LogP contribution in [0, 0.1) is 5.82 Å². The molecule has 0 bridgehead atoms. The van der Waals surface area contributed by atoms with E-state index in [9.17, 15) is 14.3 Å². The van der Waals surface area contributed by atoms with Crippen molar-refractivity contribution < 1.29 is 19.0 Å². The molecule has 2 N–H and O–H groups in total. The number of ether oxygens (including phenoxy) is 1. The molecule has 1 fully saturated rings. The molecular weight excluding hydrogens is 345 g/mol. The fraction of sp³-hybridized carbons (Fsp3) is 0.409. The zero-order chi connectivity index (χ0) is 19.1. The molecule has 2 aromatic rings. The summed E-state index contributed by atoms with van der Waals surface area (Å²) in [6, 6.07) is 11.8. The maximum Gasteiger partial charge on any atom is 0.230 e. The number of carbonyl (C=O) groups is 1. The normalized spacial score (nSPS) is 22.6. The van der Waals surface area contributed by atoms with E-state index < -0.39 is 11.0 Å². The molecule has 0 aromatic heterocycles. The molecule has 1 unspecified atom stereocenters. The van der Waals surface area contributed by atoms with Gasteiger partial charge in [-0.05, 0) is 73.1 Å². The molecule has 0 spiro atoms. The van der Waals surface area contributed by atoms with Crippen LogP contribution >= 0.6 is 0 Å². The van der Waals surface area contributed by atoms with E-state index in [4.69, 9.17) is 4.74 Å². The Hall–Kier alpha value is -2.40. The first-order valence-corrected chi connectivity index (χ1v) is 9.41. The van der Waals surface area contributed by atoms with Gasteiger partial charge in [0.2, 0.25) is 5.91 Å². The molecule has 2 aliphatic rings. The standard InChI is InChI=1S/C22H24FNO3/c1-27-18-8-9-19-15(13-18)3-2-10-22(19,26)14-24-20(25)21(11-12-21)16-4-6-17(23)7-5-16/h4-9,13,26H,2-3,10-12,14H2,1H3,(H,24,25). The lowest BCUT2D eigenvalue weighted by Crippen LogP contribution is -2.46. The molecule has 4 nitrogen and oxygen atoms in total. The third kappa shape index (κ3) is 3.21. The van der Waals surface area contributed by atoms with Gasteiger partial charge in [-0.15, -0.1) is 0 Å². The minimum Gasteiger partial charge on any atom is -0.497 e. The number of hydrogen-bond donors (Lipinski definition) is 2. The first-order valence-electron chi connectivity index (χ1n) is 9.41. The SMILES string of the molecule is COc1ccc2c(c1)CCCC2(O)CNC(=O)C1(c2ccc(F)cc2)CC1. The smallest absolute Gasteiger partial charge is 0.230 e. The van der Waals surface area contributed by atoms with E-state index in [0.717, 1.165) is 48.1 Å². The predicted molar refractivity (Wildman–Crippen MR) is 100 cm³/mol. The van der Waals surface area contributed by atoms with Crippen LogP contribution in [0.3, 0.4) is 0 Å². The number of hydrogen-bond acceptors (Lipinski definition) is 3. The summed E-state index contributed by atoms with van der Waals surface area (Å²) < 4.78 is 18.5. The van der Waals surface area contributed by atoms with E-state index in [1.807, 2.05) is 18.2 Å². The lowest BCUT2D eigenvalue weighted by Gasteiger charge is -2.35. The summed E-state index contributed by atoms with van der Waals surface area (Å²) in [4.78, 5) is 12.9. The van der Waals surface area contributed by atoms with Crippen molar-refractivity contribution in [3.63, 3.8) is 0 Å². The molecule has 1 atom stereocenters. The Morgan fingerprint density at radius 1 is 1.19 bits per heavy atom. The average Bonchev–Trinajstić information content (AvgIpc) is 3.48. The van der Waals surface area contributed by atoms with Crippen molar-refractivity contribution in [3.05, 3.63) is 65.0 Å². The van der Waals surface area contributed by atoms with Crippen molar-refractivity contribution in [1.29, 1.82) is 0 Å². The van der Waals surface area contributed by atoms with Gasteiger partial charge in [0.25, 0.3) is 0 Å². The maximum absolute atomic E-state index is 13.2. The van der Waals surface area contributed by atoms with Gasteiger partial charge in [0.1, 0.15) is 17.2 Å². The second-order valence-electron chi connectivity index (χ2n) is 7.68. The summed E-state index contributed by atoms with van der Waals surface area (Å²) >= 11 is 0. The van der Waals surface area contributed by atoms with Crippen molar-refractivity contribution in [2.75, 3.05) is 13.7 Å². The lowest BCUT2D eigenvalue weighted by atomic mass is 9.79. The van der Waals surface area contributed by atoms with Gasteiger partial charge in [-0.25, -0.2) is 4.39 Å². The van der Waals surface area contributed by atoms with Crippen LogP contribution in [0.4, 0.5) is 4.39 Å². The van der Waals surface area contributed by atoms with Crippen LogP contribution in [-0.4, -0.2) is 24.7 Å². The molecule has 4 rings (SSSR count). The fourth-order valence-corrected chi connectivity index (χ4v) is 4.18. The van der Waals surface area contributed by atoms with Crippen LogP contribution in [0.1, 0.15) is 42.4 Å². The summed E-state index contributed by atoms with van der Waals surface area (Å²) in [5.41, 5.74) is 1.11. The van der Waals surface area contributed by atoms with E-state index in [-0.39, 0.29) is 18.3 Å². The Bertz CT molecular complexity index is 860. The summed E-state index contributed by atoms with van der Waals surface area (Å²) in [6.07, 6.45) is 3.85. The monoisotopic (exact) mass is 369 g/mol. The van der Waals surface area contributed by atoms with Crippen LogP contribution in [0.15, 0.2) is 42.5 Å². The Morgan fingerprint density at radius 2 is 1.93 bits per heavy atom. The first kappa shape index (κ1) is 18.0. The predicted octanol–water partition coefficient (Wildman–Crippen LogP) is 3.21. The Morgan fingerprint density at radius 3 is 2.59 bits per heavy atom. The molecule has 0 heterocycles. The summed E-state index contributed by atoms with van der Waals surface area (Å²) in [5, 5.41) is 14.2. The fourth-order valence-electron chi connectivity index (χ4n) is 4.18. The quantitative estimate of drug-likeness (QED) is 0.851. The summed E-state index contributed by atoms with van der Waals surface area (Å²) in [5.74, 6) is 0.372. The highest BCUT2D eigenvalue weighted by Gasteiger charge is 2.51. The van der Waals surface area contributed by atoms with E-state index in [1.165, 1.54) is 12.1 Å². The van der Waals surface area contributed by atoms with E-state index in [1.54, 1.807) is 19.2 Å². The number of carbonyl (C=O) groups excluding carboxylic acids is 1. The lowest BCUT2D eigenvalue weighted by molar-refractivity contribution is -0.125. The highest BCUT2D eigenvalue weighted by Crippen LogP contribution is 2.48. The molecule has 2 aromatic carbocycles. The topological polar surface area (TPSA) is 58.6 Å². The van der Waals surface area contributed by atoms with Crippen molar-refractivity contribution >= 4 is 5.91 Å². The van der Waals surface area contributed by atoms with Crippen molar-refractivity contribution in [3.8, 4) is 5.75 Å². The van der Waals surface area contributed by atoms with Crippen LogP contribution in [0.5, 0.6) is 5.75 Å². The van der Waals surface area contributed by atoms with E-state index in [0.29, 0.717) is 6.42 Å². The first-order chi connectivity index (χ1) is 13.0. The van der Waals surface area contributed by atoms with Crippen molar-refractivity contribution in [2.45, 2.75) is 43.1 Å². The molecule has 27 heavy (non-hydrogen) atoms. The zero-order valence-corrected chi connectivity index (χ0v) is 15.4. The molecule has 5 heteroatoms. The molecule has 1 amide bonds. The summed E-state index contributed by atoms with van der Waals surface area (Å²) in [6.45, 7) is 0.175. The molecule has 0 saturated heterocycles. The number of nitrogens with one attached hydrogen (secondary N) is 1. The second kappa shape index (κ2) is 6.64. The third-order valence-electron chi connectivity index (χ3n) is 5.97. The molecule has 0 aliphatic heterocycles. The minimum atomic E-state index is -1.08. The van der Waals surface area contributed by atoms with Gasteiger partial charge in [-0.1, -0.05) is 18.2 Å². The molecule has 142 valence electrons. The van der Waals surface area contributed by atoms with Crippen molar-refractivity contribution in [1.82, 2.24) is 5.32 Å². The number of benzene rings is 2. The number of halogens is 1. The van der Waals surface area contributed by atoms with E-state index in [2.05, 4.69) is 5.32 Å². The molecular formula is C22H24FNO3. The number of rotatable bonds is 5. The molecule has 1 saturated carbocycles. The Labute approximate surface area is 158 Å². The molecule has 2 aliphatic carbocycles. The third-order valence-corrected chi connectivity index (χ3v) is 5.97. The van der Waals surface area contributed by atoms with Gasteiger partial charge in [0, 0.05) is 0 Å². The number of fused-ring (bicyclic) bond motifs is 1. The van der Waals surface area contributed by atoms with Gasteiger partial charge >= 0.3 is 0 Å². The van der Waals surface area contributed by atoms with Crippen LogP contribution in [0.25, 0.3) is 0 Å². The summed E-state index contributed by atoms with van der Waals surface area (Å²) in [7, 11) is 1.63. The Balaban J connectivity index is 1.50. The van der Waals surface area contributed by atoms with Gasteiger partial charge in [0.15, 0.2) is 0 Å². The number of methoxy groups -OCH3 is 1. The van der Waals surface area contributed by atoms with Gasteiger partial charge in [-0.3, -0.25) is 4.79 Å². The van der Waals surface area contributed by atoms with Gasteiger partial charge in [-0.2, -0.15) is 0 Å². The van der Waals surface area contributed by atoms with Gasteiger partial charge in [0.05, 0.1) is 19.1 Å². The van der Waals surface area contributed by atoms with E-state index >= 15 is 0 Å². The minimum absolute atomic E-state index is 0.0943. The Kier molecular flexibility index (Phi) is 4.42. The van der Waals surface area contributed by atoms with Gasteiger partial charge < -0.3 is 15.2 Å². The van der Waals surface area contributed by atoms with Crippen LogP contribution < -0.4 is 10.1 Å². The van der Waals surface area contributed by atoms with Crippen LogP contribution in [-0.2, 0) is 22.2 Å². The highest BCUT2D eigenvalue weighted by atomic mass is 19.1.